The fraction of sp³-hybridized carbons (Fsp3) is 0.656. The molecule has 5 rings (SSSR count). The fourth-order valence-corrected chi connectivity index (χ4v) is 9.48. The van der Waals surface area contributed by atoms with Crippen molar-refractivity contribution in [2.24, 2.45) is 5.92 Å². The van der Waals surface area contributed by atoms with Crippen LogP contribution in [0, 0.1) is 5.92 Å². The minimum Gasteiger partial charge on any atom is -0.447 e. The van der Waals surface area contributed by atoms with Gasteiger partial charge in [0.05, 0.1) is 26.4 Å². The third-order valence-electron chi connectivity index (χ3n) is 8.95. The van der Waals surface area contributed by atoms with Gasteiger partial charge in [0.2, 0.25) is 10.0 Å². The first-order valence-corrected chi connectivity index (χ1v) is 18.2. The maximum absolute atomic E-state index is 13.7. The van der Waals surface area contributed by atoms with Crippen LogP contribution in [-0.2, 0) is 19.5 Å². The zero-order valence-corrected chi connectivity index (χ0v) is 28.8. The first-order chi connectivity index (χ1) is 21.1. The number of alkyl carbamates (subject to hydrolysis) is 1. The number of hydrogen-bond acceptors (Lipinski definition) is 9. The summed E-state index contributed by atoms with van der Waals surface area (Å²) in [5, 5.41) is 6.64. The van der Waals surface area contributed by atoms with E-state index < -0.39 is 21.7 Å². The number of piperidine rings is 1. The molecule has 3 fully saturated rings. The summed E-state index contributed by atoms with van der Waals surface area (Å²) in [6.07, 6.45) is 7.28. The first kappa shape index (κ1) is 33.6. The van der Waals surface area contributed by atoms with Gasteiger partial charge < -0.3 is 14.8 Å². The van der Waals surface area contributed by atoms with Crippen LogP contribution in [0.1, 0.15) is 90.5 Å². The van der Waals surface area contributed by atoms with Crippen molar-refractivity contribution in [3.05, 3.63) is 29.4 Å². The van der Waals surface area contributed by atoms with Crippen LogP contribution >= 0.6 is 11.3 Å². The number of nitrogens with zero attached hydrogens (tertiary/aromatic N) is 2. The number of likely N-dealkylation sites (N-methyl/N-ethyl adjacent to an activating group) is 1. The van der Waals surface area contributed by atoms with E-state index in [0.717, 1.165) is 61.4 Å². The van der Waals surface area contributed by atoms with E-state index in [2.05, 4.69) is 27.3 Å². The van der Waals surface area contributed by atoms with Crippen molar-refractivity contribution in [2.45, 2.75) is 114 Å². The van der Waals surface area contributed by atoms with Crippen LogP contribution in [0.3, 0.4) is 0 Å². The number of benzene rings is 1. The molecule has 1 saturated heterocycles. The van der Waals surface area contributed by atoms with Gasteiger partial charge in [-0.15, -0.1) is 11.3 Å². The monoisotopic (exact) mass is 661 g/mol. The number of amides is 2. The predicted octanol–water partition coefficient (Wildman–Crippen LogP) is 6.08. The van der Waals surface area contributed by atoms with E-state index in [1.165, 1.54) is 17.4 Å². The van der Waals surface area contributed by atoms with Crippen LogP contribution in [0.2, 0.25) is 0 Å². The lowest BCUT2D eigenvalue weighted by Crippen LogP contribution is -2.43. The van der Waals surface area contributed by atoms with Gasteiger partial charge in [-0.2, -0.15) is 0 Å². The summed E-state index contributed by atoms with van der Waals surface area (Å²) in [6.45, 7) is 10.3. The van der Waals surface area contributed by atoms with E-state index in [0.29, 0.717) is 23.8 Å². The molecule has 2 saturated carbocycles. The Kier molecular flexibility index (Phi) is 9.84. The largest absolute Gasteiger partial charge is 0.447 e. The molecule has 13 heteroatoms. The Hall–Kier alpha value is -2.74. The molecule has 11 nitrogen and oxygen atoms in total. The number of aromatic nitrogens is 1. The number of fused-ring (bicyclic) bond motifs is 1. The van der Waals surface area contributed by atoms with Gasteiger partial charge in [-0.1, -0.05) is 6.07 Å². The summed E-state index contributed by atoms with van der Waals surface area (Å²) < 4.78 is 41.0. The van der Waals surface area contributed by atoms with Gasteiger partial charge >= 0.3 is 12.2 Å². The summed E-state index contributed by atoms with van der Waals surface area (Å²) in [6, 6.07) is 4.97. The maximum atomic E-state index is 13.7. The number of rotatable bonds is 9. The standard InChI is InChI=1S/C32H47N5O6S2/c1-20(2)43-30(39)34-23-11-9-21(10-12-23)28-33-18-26(44-28)25-14-13-24(16-27(25)45(40,41)36-31(3,4)5)35-29(38)42-19-32-17-22(32)8-7-15-37(32)6/h13-14,16,18,20-23,36H,7-12,15,17,19H2,1-6H3,(H,34,39)(H,35,38)/t21?,22?,23?,32-/m1/s1. The Bertz CT molecular complexity index is 1500. The molecule has 0 bridgehead atoms. The summed E-state index contributed by atoms with van der Waals surface area (Å²) >= 11 is 1.48. The molecule has 0 radical (unpaired) electrons. The van der Waals surface area contributed by atoms with Crippen LogP contribution in [0.15, 0.2) is 29.3 Å². The van der Waals surface area contributed by atoms with Gasteiger partial charge in [0.25, 0.3) is 0 Å². The minimum atomic E-state index is -3.96. The van der Waals surface area contributed by atoms with E-state index in [9.17, 15) is 18.0 Å². The van der Waals surface area contributed by atoms with E-state index in [1.807, 2.05) is 13.8 Å². The first-order valence-electron chi connectivity index (χ1n) is 15.9. The van der Waals surface area contributed by atoms with E-state index in [1.54, 1.807) is 39.1 Å². The molecule has 2 aromatic rings. The molecule has 0 spiro atoms. The molecule has 1 unspecified atom stereocenters. The lowest BCUT2D eigenvalue weighted by molar-refractivity contribution is 0.0758. The third kappa shape index (κ3) is 8.16. The predicted molar refractivity (Wildman–Crippen MR) is 175 cm³/mol. The lowest BCUT2D eigenvalue weighted by Gasteiger charge is -2.32. The fourth-order valence-electron chi connectivity index (χ4n) is 6.62. The zero-order valence-electron chi connectivity index (χ0n) is 27.1. The number of nitrogens with one attached hydrogen (secondary N) is 3. The van der Waals surface area contributed by atoms with Crippen LogP contribution in [0.5, 0.6) is 0 Å². The molecular formula is C32H47N5O6S2. The molecule has 2 aliphatic carbocycles. The number of ether oxygens (including phenoxy) is 2. The summed E-state index contributed by atoms with van der Waals surface area (Å²) in [7, 11) is -1.88. The van der Waals surface area contributed by atoms with Crippen LogP contribution in [0.25, 0.3) is 10.4 Å². The Morgan fingerprint density at radius 3 is 2.53 bits per heavy atom. The van der Waals surface area contributed by atoms with Gasteiger partial charge in [0, 0.05) is 34.9 Å². The molecule has 2 atom stereocenters. The summed E-state index contributed by atoms with van der Waals surface area (Å²) in [5.74, 6) is 0.785. The molecule has 1 aliphatic heterocycles. The van der Waals surface area contributed by atoms with Gasteiger partial charge in [-0.05, 0) is 111 Å². The van der Waals surface area contributed by atoms with Crippen molar-refractivity contribution in [3.8, 4) is 10.4 Å². The number of thiazole rings is 1. The number of carbonyl (C=O) groups excluding carboxylic acids is 2. The van der Waals surface area contributed by atoms with Gasteiger partial charge in [0.15, 0.2) is 0 Å². The van der Waals surface area contributed by atoms with Crippen molar-refractivity contribution in [2.75, 3.05) is 25.5 Å². The topological polar surface area (TPSA) is 139 Å². The maximum Gasteiger partial charge on any atom is 0.411 e. The Balaban J connectivity index is 1.29. The molecule has 45 heavy (non-hydrogen) atoms. The van der Waals surface area contributed by atoms with Crippen LogP contribution in [0.4, 0.5) is 15.3 Å². The van der Waals surface area contributed by atoms with E-state index >= 15 is 0 Å². The number of sulfonamides is 1. The molecule has 2 heterocycles. The van der Waals surface area contributed by atoms with Crippen molar-refractivity contribution < 1.29 is 27.5 Å². The average molecular weight is 662 g/mol. The molecule has 2 amide bonds. The highest BCUT2D eigenvalue weighted by atomic mass is 32.2. The molecule has 1 aromatic carbocycles. The zero-order chi connectivity index (χ0) is 32.6. The summed E-state index contributed by atoms with van der Waals surface area (Å²) in [4.78, 5) is 32.6. The quantitative estimate of drug-likeness (QED) is 0.294. The van der Waals surface area contributed by atoms with E-state index in [-0.39, 0.29) is 34.6 Å². The van der Waals surface area contributed by atoms with Crippen LogP contribution < -0.4 is 15.4 Å². The lowest BCUT2D eigenvalue weighted by atomic mass is 9.86. The number of anilines is 1. The SMILES string of the molecule is CC(C)OC(=O)NC1CCC(c2ncc(-c3ccc(NC(=O)OC[C@]45CC4CCCN5C)cc3S(=O)(=O)NC(C)(C)C)s2)CC1. The van der Waals surface area contributed by atoms with Crippen LogP contribution in [-0.4, -0.2) is 73.9 Å². The third-order valence-corrected chi connectivity index (χ3v) is 11.9. The molecule has 248 valence electrons. The van der Waals surface area contributed by atoms with Crippen molar-refractivity contribution >= 4 is 39.2 Å². The molecule has 1 aromatic heterocycles. The number of carbonyl (C=O) groups is 2. The average Bonchev–Trinajstić information content (AvgIpc) is 3.48. The minimum absolute atomic E-state index is 0.0628. The second kappa shape index (κ2) is 13.2. The molecule has 3 N–H and O–H groups in total. The Labute approximate surface area is 270 Å². The second-order valence-corrected chi connectivity index (χ2v) is 16.8. The van der Waals surface area contributed by atoms with E-state index in [4.69, 9.17) is 14.5 Å². The normalized spacial score (nSPS) is 25.4. The molecule has 3 aliphatic rings. The summed E-state index contributed by atoms with van der Waals surface area (Å²) in [5.41, 5.74) is 0.0813. The Morgan fingerprint density at radius 2 is 1.87 bits per heavy atom. The highest BCUT2D eigenvalue weighted by Crippen LogP contribution is 2.53. The van der Waals surface area contributed by atoms with Crippen molar-refractivity contribution in [1.29, 1.82) is 0 Å². The Morgan fingerprint density at radius 1 is 1.13 bits per heavy atom. The highest BCUT2D eigenvalue weighted by Gasteiger charge is 2.59. The van der Waals surface area contributed by atoms with Crippen molar-refractivity contribution in [3.63, 3.8) is 0 Å². The molecular weight excluding hydrogens is 615 g/mol. The second-order valence-electron chi connectivity index (χ2n) is 14.0. The van der Waals surface area contributed by atoms with Gasteiger partial charge in [0.1, 0.15) is 6.61 Å². The van der Waals surface area contributed by atoms with Gasteiger partial charge in [-0.25, -0.2) is 27.7 Å². The highest BCUT2D eigenvalue weighted by molar-refractivity contribution is 7.89. The van der Waals surface area contributed by atoms with Crippen molar-refractivity contribution in [1.82, 2.24) is 19.9 Å². The number of hydrogen-bond donors (Lipinski definition) is 3. The smallest absolute Gasteiger partial charge is 0.411 e. The number of likely N-dealkylation sites (tertiary alicyclic amines) is 1. The van der Waals surface area contributed by atoms with Gasteiger partial charge in [-0.3, -0.25) is 10.2 Å².